The third kappa shape index (κ3) is 3.26. The van der Waals surface area contributed by atoms with Crippen molar-refractivity contribution in [2.24, 2.45) is 5.92 Å². The monoisotopic (exact) mass is 273 g/mol. The quantitative estimate of drug-likeness (QED) is 0.910. The van der Waals surface area contributed by atoms with Gasteiger partial charge in [-0.2, -0.15) is 10.4 Å². The van der Waals surface area contributed by atoms with Crippen LogP contribution < -0.4 is 5.32 Å². The fourth-order valence-corrected chi connectivity index (χ4v) is 2.62. The van der Waals surface area contributed by atoms with Crippen LogP contribution in [0.15, 0.2) is 0 Å². The van der Waals surface area contributed by atoms with E-state index >= 15 is 0 Å². The lowest BCUT2D eigenvalue weighted by Crippen LogP contribution is -2.35. The first-order chi connectivity index (χ1) is 9.65. The van der Waals surface area contributed by atoms with Gasteiger partial charge in [-0.15, -0.1) is 5.10 Å². The van der Waals surface area contributed by atoms with Crippen molar-refractivity contribution in [2.45, 2.75) is 33.6 Å². The first-order valence-electron chi connectivity index (χ1n) is 7.35. The van der Waals surface area contributed by atoms with Crippen LogP contribution in [0.4, 0.5) is 5.82 Å². The number of hydrogen-bond acceptors (Lipinski definition) is 5. The molecule has 0 aliphatic carbocycles. The minimum Gasteiger partial charge on any atom is -0.367 e. The highest BCUT2D eigenvalue weighted by molar-refractivity contribution is 5.55. The van der Waals surface area contributed by atoms with E-state index in [4.69, 9.17) is 0 Å². The second-order valence-electron chi connectivity index (χ2n) is 5.50. The molecule has 0 radical (unpaired) electrons. The summed E-state index contributed by atoms with van der Waals surface area (Å²) in [6.45, 7) is 10.4. The average Bonchev–Trinajstić information content (AvgIpc) is 2.49. The maximum absolute atomic E-state index is 9.26. The number of anilines is 1. The molecule has 1 aromatic rings. The van der Waals surface area contributed by atoms with Gasteiger partial charge in [0.15, 0.2) is 5.82 Å². The van der Waals surface area contributed by atoms with Gasteiger partial charge in [-0.25, -0.2) is 0 Å². The largest absolute Gasteiger partial charge is 0.367 e. The van der Waals surface area contributed by atoms with E-state index in [-0.39, 0.29) is 0 Å². The predicted molar refractivity (Wildman–Crippen MR) is 79.5 cm³/mol. The fourth-order valence-electron chi connectivity index (χ4n) is 2.62. The first-order valence-corrected chi connectivity index (χ1v) is 7.35. The van der Waals surface area contributed by atoms with Gasteiger partial charge in [0.25, 0.3) is 0 Å². The summed E-state index contributed by atoms with van der Waals surface area (Å²) < 4.78 is 0. The predicted octanol–water partition coefficient (Wildman–Crippen LogP) is 2.11. The van der Waals surface area contributed by atoms with E-state index in [1.54, 1.807) is 0 Å². The lowest BCUT2D eigenvalue weighted by atomic mass is 9.97. The molecule has 1 aliphatic rings. The molecule has 5 heteroatoms. The van der Waals surface area contributed by atoms with Gasteiger partial charge >= 0.3 is 0 Å². The molecular weight excluding hydrogens is 250 g/mol. The topological polar surface area (TPSA) is 64.8 Å². The van der Waals surface area contributed by atoms with E-state index in [1.807, 2.05) is 13.8 Å². The number of nitrogens with zero attached hydrogens (tertiary/aromatic N) is 4. The van der Waals surface area contributed by atoms with Crippen molar-refractivity contribution in [3.63, 3.8) is 0 Å². The SMILES string of the molecule is CCN1CCC(CNc2nnc(C)c(C)c2C#N)CC1. The van der Waals surface area contributed by atoms with E-state index in [9.17, 15) is 5.26 Å². The van der Waals surface area contributed by atoms with Crippen LogP contribution in [0.25, 0.3) is 0 Å². The third-order valence-electron chi connectivity index (χ3n) is 4.28. The Morgan fingerprint density at radius 3 is 2.60 bits per heavy atom. The number of aryl methyl sites for hydroxylation is 1. The highest BCUT2D eigenvalue weighted by atomic mass is 15.2. The van der Waals surface area contributed by atoms with Crippen LogP contribution in [0, 0.1) is 31.1 Å². The minimum absolute atomic E-state index is 0.628. The number of aromatic nitrogens is 2. The molecule has 108 valence electrons. The highest BCUT2D eigenvalue weighted by Crippen LogP contribution is 2.20. The molecule has 1 fully saturated rings. The number of nitrogens with one attached hydrogen (secondary N) is 1. The van der Waals surface area contributed by atoms with E-state index in [0.717, 1.165) is 24.3 Å². The van der Waals surface area contributed by atoms with E-state index in [1.165, 1.54) is 25.9 Å². The van der Waals surface area contributed by atoms with Crippen LogP contribution in [0.1, 0.15) is 36.6 Å². The van der Waals surface area contributed by atoms with Crippen molar-refractivity contribution < 1.29 is 0 Å². The molecule has 0 saturated carbocycles. The Morgan fingerprint density at radius 1 is 1.30 bits per heavy atom. The van der Waals surface area contributed by atoms with Crippen LogP contribution in [0.2, 0.25) is 0 Å². The summed E-state index contributed by atoms with van der Waals surface area (Å²) in [4.78, 5) is 2.48. The van der Waals surface area contributed by atoms with Gasteiger partial charge in [0.05, 0.1) is 5.69 Å². The second-order valence-corrected chi connectivity index (χ2v) is 5.50. The number of piperidine rings is 1. The first kappa shape index (κ1) is 14.7. The van der Waals surface area contributed by atoms with E-state index in [2.05, 4.69) is 33.4 Å². The van der Waals surface area contributed by atoms with E-state index in [0.29, 0.717) is 17.3 Å². The molecule has 1 aromatic heterocycles. The molecule has 2 heterocycles. The second kappa shape index (κ2) is 6.67. The Balaban J connectivity index is 1.95. The van der Waals surface area contributed by atoms with E-state index < -0.39 is 0 Å². The summed E-state index contributed by atoms with van der Waals surface area (Å²) in [5.74, 6) is 1.29. The van der Waals surface area contributed by atoms with Crippen LogP contribution in [0.3, 0.4) is 0 Å². The Morgan fingerprint density at radius 2 is 2.00 bits per heavy atom. The Bertz CT molecular complexity index is 498. The lowest BCUT2D eigenvalue weighted by Gasteiger charge is -2.31. The van der Waals surface area contributed by atoms with Crippen molar-refractivity contribution in [3.05, 3.63) is 16.8 Å². The number of rotatable bonds is 4. The van der Waals surface area contributed by atoms with Gasteiger partial charge in [-0.1, -0.05) is 6.92 Å². The average molecular weight is 273 g/mol. The number of hydrogen-bond donors (Lipinski definition) is 1. The molecule has 1 N–H and O–H groups in total. The maximum Gasteiger partial charge on any atom is 0.166 e. The Labute approximate surface area is 121 Å². The van der Waals surface area contributed by atoms with Crippen LogP contribution in [0.5, 0.6) is 0 Å². The zero-order chi connectivity index (χ0) is 14.5. The molecule has 1 saturated heterocycles. The summed E-state index contributed by atoms with van der Waals surface area (Å²) in [7, 11) is 0. The molecular formula is C15H23N5. The molecule has 0 unspecified atom stereocenters. The molecule has 20 heavy (non-hydrogen) atoms. The number of nitriles is 1. The Kier molecular flexibility index (Phi) is 4.91. The number of likely N-dealkylation sites (tertiary alicyclic amines) is 1. The van der Waals surface area contributed by atoms with Crippen molar-refractivity contribution in [2.75, 3.05) is 31.5 Å². The summed E-state index contributed by atoms with van der Waals surface area (Å²) in [5.41, 5.74) is 2.37. The fraction of sp³-hybridized carbons (Fsp3) is 0.667. The van der Waals surface area contributed by atoms with Gasteiger partial charge in [-0.3, -0.25) is 0 Å². The van der Waals surface area contributed by atoms with Crippen LogP contribution in [-0.4, -0.2) is 41.3 Å². The molecule has 5 nitrogen and oxygen atoms in total. The summed E-state index contributed by atoms with van der Waals surface area (Å²) in [6.07, 6.45) is 2.42. The highest BCUT2D eigenvalue weighted by Gasteiger charge is 2.19. The zero-order valence-corrected chi connectivity index (χ0v) is 12.6. The summed E-state index contributed by atoms with van der Waals surface area (Å²) in [5, 5.41) is 20.8. The van der Waals surface area contributed by atoms with Crippen LogP contribution in [-0.2, 0) is 0 Å². The minimum atomic E-state index is 0.628. The zero-order valence-electron chi connectivity index (χ0n) is 12.6. The van der Waals surface area contributed by atoms with Gasteiger partial charge < -0.3 is 10.2 Å². The standard InChI is InChI=1S/C15H23N5/c1-4-20-7-5-13(6-8-20)10-17-15-14(9-16)11(2)12(3)18-19-15/h13H,4-8,10H2,1-3H3,(H,17,19). The third-order valence-corrected chi connectivity index (χ3v) is 4.28. The molecule has 0 aromatic carbocycles. The van der Waals surface area contributed by atoms with Gasteiger partial charge in [0.2, 0.25) is 0 Å². The van der Waals surface area contributed by atoms with Crippen molar-refractivity contribution in [1.82, 2.24) is 15.1 Å². The van der Waals surface area contributed by atoms with Gasteiger partial charge in [0.1, 0.15) is 11.6 Å². The van der Waals surface area contributed by atoms with Gasteiger partial charge in [-0.05, 0) is 57.8 Å². The van der Waals surface area contributed by atoms with Gasteiger partial charge in [0, 0.05) is 6.54 Å². The lowest BCUT2D eigenvalue weighted by molar-refractivity contribution is 0.198. The van der Waals surface area contributed by atoms with Crippen molar-refractivity contribution >= 4 is 5.82 Å². The maximum atomic E-state index is 9.26. The summed E-state index contributed by atoms with van der Waals surface area (Å²) in [6, 6.07) is 2.24. The van der Waals surface area contributed by atoms with Crippen LogP contribution >= 0.6 is 0 Å². The normalized spacial score (nSPS) is 16.9. The Hall–Kier alpha value is -1.67. The molecule has 0 atom stereocenters. The molecule has 0 amide bonds. The molecule has 0 spiro atoms. The molecule has 2 rings (SSSR count). The smallest absolute Gasteiger partial charge is 0.166 e. The molecule has 0 bridgehead atoms. The van der Waals surface area contributed by atoms with Crippen molar-refractivity contribution in [3.8, 4) is 6.07 Å². The molecule has 1 aliphatic heterocycles. The summed E-state index contributed by atoms with van der Waals surface area (Å²) >= 11 is 0. The van der Waals surface area contributed by atoms with Crippen molar-refractivity contribution in [1.29, 1.82) is 5.26 Å².